The van der Waals surface area contributed by atoms with Crippen molar-refractivity contribution >= 4 is 0 Å². The van der Waals surface area contributed by atoms with Crippen molar-refractivity contribution in [3.8, 4) is 0 Å². The molecule has 0 aromatic heterocycles. The number of likely N-dealkylation sites (tertiary alicyclic amines) is 1. The summed E-state index contributed by atoms with van der Waals surface area (Å²) < 4.78 is 5.87. The molecule has 0 spiro atoms. The maximum absolute atomic E-state index is 5.87. The number of hydrogen-bond donors (Lipinski definition) is 1. The summed E-state index contributed by atoms with van der Waals surface area (Å²) >= 11 is 0. The number of nitrogens with zero attached hydrogens (tertiary/aromatic N) is 1. The molecule has 2 aliphatic rings. The number of ether oxygens (including phenoxy) is 1. The predicted octanol–water partition coefficient (Wildman–Crippen LogP) is 2.51. The molecule has 0 bridgehead atoms. The van der Waals surface area contributed by atoms with E-state index in [1.807, 2.05) is 0 Å². The molecule has 0 aromatic rings. The lowest BCUT2D eigenvalue weighted by Gasteiger charge is -2.36. The molecule has 112 valence electrons. The number of nitrogens with one attached hydrogen (secondary N) is 1. The molecule has 2 saturated heterocycles. The van der Waals surface area contributed by atoms with Gasteiger partial charge in [-0.05, 0) is 63.6 Å². The van der Waals surface area contributed by atoms with E-state index in [0.29, 0.717) is 6.10 Å². The van der Waals surface area contributed by atoms with Gasteiger partial charge in [0.15, 0.2) is 0 Å². The van der Waals surface area contributed by atoms with Crippen molar-refractivity contribution < 1.29 is 4.74 Å². The fraction of sp³-hybridized carbons (Fsp3) is 1.00. The van der Waals surface area contributed by atoms with Crippen molar-refractivity contribution in [1.29, 1.82) is 0 Å². The van der Waals surface area contributed by atoms with Gasteiger partial charge in [0.2, 0.25) is 0 Å². The Morgan fingerprint density at radius 1 is 1.21 bits per heavy atom. The van der Waals surface area contributed by atoms with Gasteiger partial charge in [0.05, 0.1) is 6.10 Å². The first kappa shape index (κ1) is 15.3. The lowest BCUT2D eigenvalue weighted by molar-refractivity contribution is -0.0127. The summed E-state index contributed by atoms with van der Waals surface area (Å²) in [5, 5.41) is 3.62. The van der Waals surface area contributed by atoms with Crippen molar-refractivity contribution in [2.75, 3.05) is 39.3 Å². The SMILES string of the molecule is CC(C)CNCC1CCCN(CC2CCCCO2)C1. The van der Waals surface area contributed by atoms with Crippen LogP contribution in [0.2, 0.25) is 0 Å². The summed E-state index contributed by atoms with van der Waals surface area (Å²) in [4.78, 5) is 2.64. The van der Waals surface area contributed by atoms with Crippen LogP contribution in [0.1, 0.15) is 46.0 Å². The fourth-order valence-electron chi connectivity index (χ4n) is 3.30. The van der Waals surface area contributed by atoms with Crippen LogP contribution in [0.4, 0.5) is 0 Å². The second-order valence-corrected chi connectivity index (χ2v) is 6.81. The summed E-state index contributed by atoms with van der Waals surface area (Å²) in [6.45, 7) is 11.6. The van der Waals surface area contributed by atoms with E-state index < -0.39 is 0 Å². The average molecular weight is 268 g/mol. The summed E-state index contributed by atoms with van der Waals surface area (Å²) in [6.07, 6.45) is 7.16. The summed E-state index contributed by atoms with van der Waals surface area (Å²) in [7, 11) is 0. The molecule has 0 saturated carbocycles. The van der Waals surface area contributed by atoms with Crippen molar-refractivity contribution in [2.45, 2.75) is 52.1 Å². The smallest absolute Gasteiger partial charge is 0.0702 e. The molecular formula is C16H32N2O. The van der Waals surface area contributed by atoms with Crippen LogP contribution in [0, 0.1) is 11.8 Å². The van der Waals surface area contributed by atoms with Crippen LogP contribution < -0.4 is 5.32 Å². The van der Waals surface area contributed by atoms with Gasteiger partial charge >= 0.3 is 0 Å². The van der Waals surface area contributed by atoms with Crippen molar-refractivity contribution in [3.05, 3.63) is 0 Å². The van der Waals surface area contributed by atoms with Crippen LogP contribution >= 0.6 is 0 Å². The maximum Gasteiger partial charge on any atom is 0.0702 e. The lowest BCUT2D eigenvalue weighted by Crippen LogP contribution is -2.44. The quantitative estimate of drug-likeness (QED) is 0.801. The molecule has 1 N–H and O–H groups in total. The molecule has 2 rings (SSSR count). The highest BCUT2D eigenvalue weighted by Crippen LogP contribution is 2.19. The minimum atomic E-state index is 0.510. The van der Waals surface area contributed by atoms with Gasteiger partial charge in [-0.15, -0.1) is 0 Å². The third-order valence-electron chi connectivity index (χ3n) is 4.32. The van der Waals surface area contributed by atoms with E-state index in [9.17, 15) is 0 Å². The molecule has 2 fully saturated rings. The van der Waals surface area contributed by atoms with Crippen molar-refractivity contribution in [2.24, 2.45) is 11.8 Å². The number of rotatable bonds is 6. The van der Waals surface area contributed by atoms with Gasteiger partial charge in [-0.25, -0.2) is 0 Å². The summed E-state index contributed by atoms with van der Waals surface area (Å²) in [6, 6.07) is 0. The van der Waals surface area contributed by atoms with Gasteiger partial charge in [-0.3, -0.25) is 0 Å². The van der Waals surface area contributed by atoms with Crippen LogP contribution in [0.5, 0.6) is 0 Å². The van der Waals surface area contributed by atoms with Crippen molar-refractivity contribution in [3.63, 3.8) is 0 Å². The van der Waals surface area contributed by atoms with Gasteiger partial charge in [-0.1, -0.05) is 13.8 Å². The Balaban J connectivity index is 1.64. The minimum Gasteiger partial charge on any atom is -0.377 e. The Kier molecular flexibility index (Phi) is 6.62. The third-order valence-corrected chi connectivity index (χ3v) is 4.32. The largest absolute Gasteiger partial charge is 0.377 e. The molecular weight excluding hydrogens is 236 g/mol. The van der Waals surface area contributed by atoms with E-state index in [1.54, 1.807) is 0 Å². The van der Waals surface area contributed by atoms with Crippen LogP contribution in [0.3, 0.4) is 0 Å². The zero-order chi connectivity index (χ0) is 13.5. The molecule has 3 heteroatoms. The highest BCUT2D eigenvalue weighted by atomic mass is 16.5. The Morgan fingerprint density at radius 2 is 2.11 bits per heavy atom. The first-order valence-corrected chi connectivity index (χ1v) is 8.28. The normalized spacial score (nSPS) is 29.8. The van der Waals surface area contributed by atoms with Gasteiger partial charge in [0, 0.05) is 19.7 Å². The van der Waals surface area contributed by atoms with E-state index in [2.05, 4.69) is 24.1 Å². The molecule has 2 unspecified atom stereocenters. The molecule has 2 aliphatic heterocycles. The summed E-state index contributed by atoms with van der Waals surface area (Å²) in [5.41, 5.74) is 0. The van der Waals surface area contributed by atoms with E-state index >= 15 is 0 Å². The maximum atomic E-state index is 5.87. The third kappa shape index (κ3) is 5.80. The van der Waals surface area contributed by atoms with Crippen LogP contribution in [-0.2, 0) is 4.74 Å². The highest BCUT2D eigenvalue weighted by molar-refractivity contribution is 4.78. The lowest BCUT2D eigenvalue weighted by atomic mass is 9.97. The molecule has 2 heterocycles. The second-order valence-electron chi connectivity index (χ2n) is 6.81. The zero-order valence-electron chi connectivity index (χ0n) is 12.9. The van der Waals surface area contributed by atoms with Gasteiger partial charge in [-0.2, -0.15) is 0 Å². The molecule has 0 aromatic carbocycles. The first-order chi connectivity index (χ1) is 9.24. The van der Waals surface area contributed by atoms with Gasteiger partial charge < -0.3 is 15.0 Å². The van der Waals surface area contributed by atoms with Gasteiger partial charge in [0.1, 0.15) is 0 Å². The topological polar surface area (TPSA) is 24.5 Å². The van der Waals surface area contributed by atoms with E-state index in [-0.39, 0.29) is 0 Å². The van der Waals surface area contributed by atoms with Crippen molar-refractivity contribution in [1.82, 2.24) is 10.2 Å². The standard InChI is InChI=1S/C16H32N2O/c1-14(2)10-17-11-15-6-5-8-18(12-15)13-16-7-3-4-9-19-16/h14-17H,3-13H2,1-2H3. The Labute approximate surface area is 119 Å². The fourth-order valence-corrected chi connectivity index (χ4v) is 3.30. The molecule has 0 amide bonds. The molecule has 19 heavy (non-hydrogen) atoms. The van der Waals surface area contributed by atoms with Crippen LogP contribution in [0.15, 0.2) is 0 Å². The van der Waals surface area contributed by atoms with E-state index in [4.69, 9.17) is 4.74 Å². The second kappa shape index (κ2) is 8.23. The number of hydrogen-bond acceptors (Lipinski definition) is 3. The molecule has 0 aliphatic carbocycles. The Bertz CT molecular complexity index is 239. The monoisotopic (exact) mass is 268 g/mol. The zero-order valence-corrected chi connectivity index (χ0v) is 12.9. The first-order valence-electron chi connectivity index (χ1n) is 8.28. The number of piperidine rings is 1. The Morgan fingerprint density at radius 3 is 2.84 bits per heavy atom. The van der Waals surface area contributed by atoms with Crippen LogP contribution in [0.25, 0.3) is 0 Å². The highest BCUT2D eigenvalue weighted by Gasteiger charge is 2.23. The molecule has 3 nitrogen and oxygen atoms in total. The molecule has 0 radical (unpaired) electrons. The average Bonchev–Trinajstić information content (AvgIpc) is 2.40. The summed E-state index contributed by atoms with van der Waals surface area (Å²) in [5.74, 6) is 1.60. The Hall–Kier alpha value is -0.120. The van der Waals surface area contributed by atoms with E-state index in [0.717, 1.165) is 25.0 Å². The van der Waals surface area contributed by atoms with E-state index in [1.165, 1.54) is 58.3 Å². The van der Waals surface area contributed by atoms with Gasteiger partial charge in [0.25, 0.3) is 0 Å². The molecule has 2 atom stereocenters. The minimum absolute atomic E-state index is 0.510. The van der Waals surface area contributed by atoms with Crippen LogP contribution in [-0.4, -0.2) is 50.3 Å². The predicted molar refractivity (Wildman–Crippen MR) is 80.5 cm³/mol.